The van der Waals surface area contributed by atoms with Gasteiger partial charge in [-0.1, -0.05) is 44.2 Å². The molecule has 2 unspecified atom stereocenters. The first kappa shape index (κ1) is 24.5. The van der Waals surface area contributed by atoms with Crippen molar-refractivity contribution in [2.75, 3.05) is 0 Å². The second-order valence-electron chi connectivity index (χ2n) is 7.85. The van der Waals surface area contributed by atoms with Crippen LogP contribution < -0.4 is 0 Å². The fourth-order valence-electron chi connectivity index (χ4n) is 3.69. The molecule has 0 saturated heterocycles. The van der Waals surface area contributed by atoms with Crippen LogP contribution in [0.2, 0.25) is 0 Å². The van der Waals surface area contributed by atoms with Crippen molar-refractivity contribution in [1.29, 1.82) is 0 Å². The van der Waals surface area contributed by atoms with Gasteiger partial charge in [0.2, 0.25) is 0 Å². The number of carbonyl (C=O) groups is 1. The van der Waals surface area contributed by atoms with Gasteiger partial charge in [0.25, 0.3) is 0 Å². The van der Waals surface area contributed by atoms with Crippen LogP contribution in [0.3, 0.4) is 0 Å². The molecular weight excluding hydrogens is 423 g/mol. The van der Waals surface area contributed by atoms with Gasteiger partial charge in [-0.2, -0.15) is 0 Å². The van der Waals surface area contributed by atoms with Gasteiger partial charge in [0, 0.05) is 29.5 Å². The first-order valence-electron chi connectivity index (χ1n) is 11.2. The van der Waals surface area contributed by atoms with Gasteiger partial charge in [-0.15, -0.1) is 0 Å². The minimum absolute atomic E-state index is 0.137. The van der Waals surface area contributed by atoms with Gasteiger partial charge in [0.15, 0.2) is 0 Å². The van der Waals surface area contributed by atoms with E-state index >= 15 is 0 Å². The van der Waals surface area contributed by atoms with Gasteiger partial charge < -0.3 is 15.3 Å². The highest BCUT2D eigenvalue weighted by Gasteiger charge is 2.30. The molecule has 1 aliphatic rings. The van der Waals surface area contributed by atoms with Crippen LogP contribution in [-0.2, 0) is 4.79 Å². The zero-order valence-electron chi connectivity index (χ0n) is 18.8. The molecule has 2 atom stereocenters. The number of benzene rings is 2. The lowest BCUT2D eigenvalue weighted by atomic mass is 9.96. The molecule has 1 heterocycles. The van der Waals surface area contributed by atoms with E-state index in [1.165, 1.54) is 18.3 Å². The van der Waals surface area contributed by atoms with Crippen molar-refractivity contribution in [2.45, 2.75) is 57.7 Å². The van der Waals surface area contributed by atoms with Gasteiger partial charge in [-0.3, -0.25) is 14.8 Å². The van der Waals surface area contributed by atoms with Crippen LogP contribution in [0, 0.1) is 5.82 Å². The zero-order valence-corrected chi connectivity index (χ0v) is 18.8. The van der Waals surface area contributed by atoms with Crippen LogP contribution in [0.1, 0.15) is 51.1 Å². The van der Waals surface area contributed by atoms with Crippen LogP contribution in [-0.4, -0.2) is 44.7 Å². The number of aliphatic carboxylic acids is 1. The molecule has 2 aromatic carbocycles. The number of fused-ring (bicyclic) bond motifs is 1. The average Bonchev–Trinajstić information content (AvgIpc) is 3.63. The average molecular weight is 453 g/mol. The van der Waals surface area contributed by atoms with E-state index in [-0.39, 0.29) is 18.2 Å². The molecule has 0 spiro atoms. The summed E-state index contributed by atoms with van der Waals surface area (Å²) >= 11 is 0. The Morgan fingerprint density at radius 2 is 1.82 bits per heavy atom. The summed E-state index contributed by atoms with van der Waals surface area (Å²) in [5.41, 5.74) is 3.85. The number of aromatic nitrogens is 1. The lowest BCUT2D eigenvalue weighted by molar-refractivity contribution is -0.139. The monoisotopic (exact) mass is 452 g/mol. The Balaban J connectivity index is 0.00000149. The first-order valence-corrected chi connectivity index (χ1v) is 11.2. The molecule has 0 amide bonds. The molecule has 0 aliphatic heterocycles. The molecule has 1 fully saturated rings. The zero-order chi connectivity index (χ0) is 24.0. The number of carboxylic acid groups (broad SMARTS) is 1. The molecule has 3 aromatic rings. The Bertz CT molecular complexity index is 1130. The topological polar surface area (TPSA) is 103 Å². The molecular formula is C26H29FN2O4. The summed E-state index contributed by atoms with van der Waals surface area (Å²) in [4.78, 5) is 20.1. The fraction of sp³-hybridized carbons (Fsp3) is 0.346. The molecule has 33 heavy (non-hydrogen) atoms. The largest absolute Gasteiger partial charge is 0.481 e. The van der Waals surface area contributed by atoms with Crippen molar-refractivity contribution in [3.05, 3.63) is 60.0 Å². The molecule has 1 aromatic heterocycles. The standard InChI is InChI=1S/C24H23FN2O4.C2H6/c25-16-9-7-14(8-10-16)22-19-3-1-2-4-20(19)27-23(15-5-6-15)24(22)26-13-18(29)11-17(28)12-21(30)31;1-2/h1-4,7-10,13,15,17-18,28-29H,5-6,11-12H2,(H,30,31);1-2H3. The molecule has 6 nitrogen and oxygen atoms in total. The number of aliphatic imine (C=N–C) groups is 1. The van der Waals surface area contributed by atoms with Gasteiger partial charge >= 0.3 is 5.97 Å². The smallest absolute Gasteiger partial charge is 0.305 e. The predicted molar refractivity (Wildman–Crippen MR) is 127 cm³/mol. The summed E-state index contributed by atoms with van der Waals surface area (Å²) in [5, 5.41) is 29.7. The third-order valence-electron chi connectivity index (χ3n) is 5.29. The Morgan fingerprint density at radius 3 is 2.45 bits per heavy atom. The molecule has 4 rings (SSSR count). The highest BCUT2D eigenvalue weighted by molar-refractivity contribution is 6.01. The summed E-state index contributed by atoms with van der Waals surface area (Å²) < 4.78 is 13.6. The van der Waals surface area contributed by atoms with Gasteiger partial charge in [-0.25, -0.2) is 4.39 Å². The number of carboxylic acids is 1. The number of rotatable bonds is 8. The number of nitrogens with zero attached hydrogens (tertiary/aromatic N) is 2. The van der Waals surface area contributed by atoms with Crippen molar-refractivity contribution in [3.63, 3.8) is 0 Å². The Hall–Kier alpha value is -3.16. The van der Waals surface area contributed by atoms with Crippen molar-refractivity contribution < 1.29 is 24.5 Å². The predicted octanol–water partition coefficient (Wildman–Crippen LogP) is 5.23. The van der Waals surface area contributed by atoms with Crippen molar-refractivity contribution in [2.24, 2.45) is 4.99 Å². The molecule has 1 saturated carbocycles. The lowest BCUT2D eigenvalue weighted by Crippen LogP contribution is -2.21. The summed E-state index contributed by atoms with van der Waals surface area (Å²) in [5.74, 6) is -1.20. The van der Waals surface area contributed by atoms with E-state index in [9.17, 15) is 19.4 Å². The van der Waals surface area contributed by atoms with E-state index in [2.05, 4.69) is 4.99 Å². The summed E-state index contributed by atoms with van der Waals surface area (Å²) in [7, 11) is 0. The van der Waals surface area contributed by atoms with Gasteiger partial charge in [0.05, 0.1) is 35.5 Å². The summed E-state index contributed by atoms with van der Waals surface area (Å²) in [6, 6.07) is 13.9. The van der Waals surface area contributed by atoms with Crippen LogP contribution in [0.4, 0.5) is 10.1 Å². The maximum Gasteiger partial charge on any atom is 0.305 e. The molecule has 3 N–H and O–H groups in total. The van der Waals surface area contributed by atoms with Crippen LogP contribution in [0.15, 0.2) is 53.5 Å². The number of hydrogen-bond acceptors (Lipinski definition) is 5. The van der Waals surface area contributed by atoms with E-state index < -0.39 is 24.6 Å². The summed E-state index contributed by atoms with van der Waals surface area (Å²) in [6.45, 7) is 4.00. The summed E-state index contributed by atoms with van der Waals surface area (Å²) in [6.07, 6.45) is 0.433. The fourth-order valence-corrected chi connectivity index (χ4v) is 3.69. The van der Waals surface area contributed by atoms with Crippen LogP contribution >= 0.6 is 0 Å². The minimum Gasteiger partial charge on any atom is -0.481 e. The molecule has 0 bridgehead atoms. The second-order valence-corrected chi connectivity index (χ2v) is 7.85. The van der Waals surface area contributed by atoms with Gasteiger partial charge in [-0.05, 0) is 36.6 Å². The number of pyridine rings is 1. The third-order valence-corrected chi connectivity index (χ3v) is 5.29. The number of aliphatic hydroxyl groups excluding tert-OH is 2. The van der Waals surface area contributed by atoms with Gasteiger partial charge in [0.1, 0.15) is 5.82 Å². The van der Waals surface area contributed by atoms with Crippen molar-refractivity contribution in [1.82, 2.24) is 4.98 Å². The minimum atomic E-state index is -1.17. The second kappa shape index (κ2) is 11.1. The highest BCUT2D eigenvalue weighted by atomic mass is 19.1. The maximum atomic E-state index is 13.6. The van der Waals surface area contributed by atoms with Crippen LogP contribution in [0.5, 0.6) is 0 Å². The third kappa shape index (κ3) is 6.21. The quantitative estimate of drug-likeness (QED) is 0.406. The SMILES string of the molecule is CC.O=C(O)CC(O)CC(O)C=Nc1c(C2CC2)nc2ccccc2c1-c1ccc(F)cc1. The van der Waals surface area contributed by atoms with Crippen LogP contribution in [0.25, 0.3) is 22.0 Å². The van der Waals surface area contributed by atoms with E-state index in [4.69, 9.17) is 10.1 Å². The Kier molecular flexibility index (Phi) is 8.25. The van der Waals surface area contributed by atoms with Crippen molar-refractivity contribution in [3.8, 4) is 11.1 Å². The highest BCUT2D eigenvalue weighted by Crippen LogP contribution is 2.48. The maximum absolute atomic E-state index is 13.6. The molecule has 7 heteroatoms. The van der Waals surface area contributed by atoms with Crippen molar-refractivity contribution >= 4 is 28.8 Å². The first-order chi connectivity index (χ1) is 15.9. The van der Waals surface area contributed by atoms with E-state index in [1.807, 2.05) is 38.1 Å². The number of aliphatic hydroxyl groups is 2. The molecule has 0 radical (unpaired) electrons. The van der Waals surface area contributed by atoms with E-state index in [0.717, 1.165) is 40.6 Å². The number of halogens is 1. The Morgan fingerprint density at radius 1 is 1.15 bits per heavy atom. The number of hydrogen-bond donors (Lipinski definition) is 3. The van der Waals surface area contributed by atoms with E-state index in [0.29, 0.717) is 5.69 Å². The number of para-hydroxylation sites is 1. The lowest BCUT2D eigenvalue weighted by Gasteiger charge is -2.15. The van der Waals surface area contributed by atoms with E-state index in [1.54, 1.807) is 12.1 Å². The molecule has 174 valence electrons. The Labute approximate surface area is 192 Å². The normalized spacial score (nSPS) is 15.2. The molecule has 1 aliphatic carbocycles.